The molecule has 1 aliphatic carbocycles. The molecule has 1 rings (SSSR count). The molecule has 0 bridgehead atoms. The maximum Gasteiger partial charge on any atom is 0.0139 e. The van der Waals surface area contributed by atoms with Gasteiger partial charge in [-0.05, 0) is 39.5 Å². The van der Waals surface area contributed by atoms with Gasteiger partial charge in [-0.3, -0.25) is 0 Å². The van der Waals surface area contributed by atoms with Crippen molar-refractivity contribution in [2.45, 2.75) is 52.5 Å². The Hall–Kier alpha value is -0.300. The maximum absolute atomic E-state index is 3.58. The fraction of sp³-hybridized carbons (Fsp3) is 0.833. The zero-order valence-electron chi connectivity index (χ0n) is 9.27. The van der Waals surface area contributed by atoms with Crippen molar-refractivity contribution >= 4 is 0 Å². The van der Waals surface area contributed by atoms with Crippen molar-refractivity contribution in [3.05, 3.63) is 11.6 Å². The number of hydrogen-bond donors (Lipinski definition) is 1. The van der Waals surface area contributed by atoms with Crippen molar-refractivity contribution in [3.8, 4) is 0 Å². The van der Waals surface area contributed by atoms with Gasteiger partial charge in [0.2, 0.25) is 0 Å². The molecule has 1 aliphatic rings. The van der Waals surface area contributed by atoms with Crippen LogP contribution in [0.1, 0.15) is 46.5 Å². The Kier molecular flexibility index (Phi) is 4.51. The summed E-state index contributed by atoms with van der Waals surface area (Å²) >= 11 is 0. The van der Waals surface area contributed by atoms with Crippen molar-refractivity contribution in [2.75, 3.05) is 6.54 Å². The summed E-state index contributed by atoms with van der Waals surface area (Å²) < 4.78 is 0. The third kappa shape index (κ3) is 3.95. The van der Waals surface area contributed by atoms with E-state index in [-0.39, 0.29) is 0 Å². The molecule has 13 heavy (non-hydrogen) atoms. The Morgan fingerprint density at radius 2 is 2.00 bits per heavy atom. The molecule has 0 aromatic heterocycles. The molecule has 1 atom stereocenters. The number of nitrogens with one attached hydrogen (secondary N) is 1. The summed E-state index contributed by atoms with van der Waals surface area (Å²) in [4.78, 5) is 0. The van der Waals surface area contributed by atoms with Crippen LogP contribution in [0.5, 0.6) is 0 Å². The summed E-state index contributed by atoms with van der Waals surface area (Å²) in [5.74, 6) is 0.936. The van der Waals surface area contributed by atoms with E-state index in [9.17, 15) is 0 Å². The first kappa shape index (κ1) is 10.8. The summed E-state index contributed by atoms with van der Waals surface area (Å²) in [6.45, 7) is 7.68. The van der Waals surface area contributed by atoms with Crippen LogP contribution in [0.25, 0.3) is 0 Å². The highest BCUT2D eigenvalue weighted by atomic mass is 14.9. The summed E-state index contributed by atoms with van der Waals surface area (Å²) in [6, 6.07) is 0.707. The molecule has 1 heteroatoms. The second kappa shape index (κ2) is 5.43. The molecular weight excluding hydrogens is 158 g/mol. The molecule has 76 valence electrons. The van der Waals surface area contributed by atoms with Crippen LogP contribution in [-0.4, -0.2) is 12.6 Å². The third-order valence-electron chi connectivity index (χ3n) is 3.06. The van der Waals surface area contributed by atoms with E-state index in [1.807, 2.05) is 0 Å². The second-order valence-corrected chi connectivity index (χ2v) is 4.52. The molecular formula is C12H23N. The molecule has 0 radical (unpaired) electrons. The van der Waals surface area contributed by atoms with Gasteiger partial charge in [0.15, 0.2) is 0 Å². The lowest BCUT2D eigenvalue weighted by molar-refractivity contribution is 0.394. The molecule has 0 aromatic carbocycles. The standard InChI is InChI=1S/C12H23N/c1-10(2)8-9-13-11(3)12-6-4-5-7-12/h8,11-13H,4-7,9H2,1-3H3/t11-/m1/s1. The largest absolute Gasteiger partial charge is 0.311 e. The van der Waals surface area contributed by atoms with E-state index in [1.54, 1.807) is 0 Å². The van der Waals surface area contributed by atoms with E-state index in [1.165, 1.54) is 31.3 Å². The summed E-state index contributed by atoms with van der Waals surface area (Å²) in [5.41, 5.74) is 1.41. The average Bonchev–Trinajstić information content (AvgIpc) is 2.55. The van der Waals surface area contributed by atoms with E-state index < -0.39 is 0 Å². The van der Waals surface area contributed by atoms with E-state index >= 15 is 0 Å². The van der Waals surface area contributed by atoms with Gasteiger partial charge in [-0.1, -0.05) is 24.5 Å². The van der Waals surface area contributed by atoms with Crippen LogP contribution >= 0.6 is 0 Å². The summed E-state index contributed by atoms with van der Waals surface area (Å²) in [5, 5.41) is 3.58. The minimum atomic E-state index is 0.707. The predicted octanol–water partition coefficient (Wildman–Crippen LogP) is 3.12. The molecule has 1 fully saturated rings. The molecule has 0 amide bonds. The minimum absolute atomic E-state index is 0.707. The van der Waals surface area contributed by atoms with Crippen LogP contribution in [0.3, 0.4) is 0 Å². The molecule has 0 saturated heterocycles. The Labute approximate surface area is 82.6 Å². The monoisotopic (exact) mass is 181 g/mol. The Balaban J connectivity index is 2.16. The van der Waals surface area contributed by atoms with Crippen LogP contribution < -0.4 is 5.32 Å². The SMILES string of the molecule is CC(C)=CCN[C@H](C)C1CCCC1. The van der Waals surface area contributed by atoms with Crippen molar-refractivity contribution in [2.24, 2.45) is 5.92 Å². The first-order chi connectivity index (χ1) is 6.20. The molecule has 1 saturated carbocycles. The van der Waals surface area contributed by atoms with Gasteiger partial charge in [-0.15, -0.1) is 0 Å². The molecule has 0 aromatic rings. The number of hydrogen-bond acceptors (Lipinski definition) is 1. The average molecular weight is 181 g/mol. The van der Waals surface area contributed by atoms with Gasteiger partial charge in [0.25, 0.3) is 0 Å². The van der Waals surface area contributed by atoms with Crippen molar-refractivity contribution in [3.63, 3.8) is 0 Å². The topological polar surface area (TPSA) is 12.0 Å². The molecule has 0 aliphatic heterocycles. The van der Waals surface area contributed by atoms with E-state index in [0.29, 0.717) is 6.04 Å². The molecule has 0 spiro atoms. The number of allylic oxidation sites excluding steroid dienone is 1. The normalized spacial score (nSPS) is 20.2. The lowest BCUT2D eigenvalue weighted by Crippen LogP contribution is -2.32. The van der Waals surface area contributed by atoms with Gasteiger partial charge in [-0.25, -0.2) is 0 Å². The van der Waals surface area contributed by atoms with Gasteiger partial charge >= 0.3 is 0 Å². The Bertz CT molecular complexity index is 162. The Morgan fingerprint density at radius 1 is 1.38 bits per heavy atom. The van der Waals surface area contributed by atoms with Crippen LogP contribution in [-0.2, 0) is 0 Å². The maximum atomic E-state index is 3.58. The summed E-state index contributed by atoms with van der Waals surface area (Å²) in [7, 11) is 0. The smallest absolute Gasteiger partial charge is 0.0139 e. The highest BCUT2D eigenvalue weighted by Crippen LogP contribution is 2.27. The van der Waals surface area contributed by atoms with Crippen molar-refractivity contribution in [1.82, 2.24) is 5.32 Å². The van der Waals surface area contributed by atoms with Gasteiger partial charge in [0.05, 0.1) is 0 Å². The lowest BCUT2D eigenvalue weighted by atomic mass is 10.00. The van der Waals surface area contributed by atoms with E-state index in [0.717, 1.165) is 12.5 Å². The number of rotatable bonds is 4. The van der Waals surface area contributed by atoms with Crippen LogP contribution in [0.15, 0.2) is 11.6 Å². The van der Waals surface area contributed by atoms with Crippen molar-refractivity contribution < 1.29 is 0 Å². The highest BCUT2D eigenvalue weighted by molar-refractivity contribution is 4.95. The quantitative estimate of drug-likeness (QED) is 0.657. The molecule has 1 nitrogen and oxygen atoms in total. The Morgan fingerprint density at radius 3 is 2.54 bits per heavy atom. The first-order valence-corrected chi connectivity index (χ1v) is 5.57. The van der Waals surface area contributed by atoms with Gasteiger partial charge < -0.3 is 5.32 Å². The zero-order chi connectivity index (χ0) is 9.68. The predicted molar refractivity (Wildman–Crippen MR) is 58.9 cm³/mol. The second-order valence-electron chi connectivity index (χ2n) is 4.52. The molecule has 0 unspecified atom stereocenters. The highest BCUT2D eigenvalue weighted by Gasteiger charge is 2.20. The van der Waals surface area contributed by atoms with Gasteiger partial charge in [0, 0.05) is 12.6 Å². The van der Waals surface area contributed by atoms with E-state index in [4.69, 9.17) is 0 Å². The third-order valence-corrected chi connectivity index (χ3v) is 3.06. The van der Waals surface area contributed by atoms with Gasteiger partial charge in [0.1, 0.15) is 0 Å². The van der Waals surface area contributed by atoms with Crippen LogP contribution in [0.4, 0.5) is 0 Å². The summed E-state index contributed by atoms with van der Waals surface area (Å²) in [6.07, 6.45) is 8.02. The lowest BCUT2D eigenvalue weighted by Gasteiger charge is -2.19. The molecule has 0 heterocycles. The van der Waals surface area contributed by atoms with Crippen molar-refractivity contribution in [1.29, 1.82) is 0 Å². The van der Waals surface area contributed by atoms with Gasteiger partial charge in [-0.2, -0.15) is 0 Å². The first-order valence-electron chi connectivity index (χ1n) is 5.57. The van der Waals surface area contributed by atoms with E-state index in [2.05, 4.69) is 32.2 Å². The minimum Gasteiger partial charge on any atom is -0.311 e. The molecule has 1 N–H and O–H groups in total. The van der Waals surface area contributed by atoms with Crippen LogP contribution in [0, 0.1) is 5.92 Å². The zero-order valence-corrected chi connectivity index (χ0v) is 9.27. The fourth-order valence-electron chi connectivity index (χ4n) is 2.07. The fourth-order valence-corrected chi connectivity index (χ4v) is 2.07. The van der Waals surface area contributed by atoms with Crippen LogP contribution in [0.2, 0.25) is 0 Å².